The molecule has 1 saturated heterocycles. The summed E-state index contributed by atoms with van der Waals surface area (Å²) in [5, 5.41) is 13.6. The zero-order valence-corrected chi connectivity index (χ0v) is 24.6. The highest BCUT2D eigenvalue weighted by Crippen LogP contribution is 2.37. The fourth-order valence-electron chi connectivity index (χ4n) is 3.65. The maximum atomic E-state index is 13.4. The number of carbonyl (C=O) groups is 2. The first-order valence-corrected chi connectivity index (χ1v) is 13.5. The van der Waals surface area contributed by atoms with Crippen LogP contribution in [0.1, 0.15) is 18.1 Å². The second-order valence-corrected chi connectivity index (χ2v) is 10.3. The van der Waals surface area contributed by atoms with Crippen LogP contribution in [0.25, 0.3) is 6.08 Å². The number of non-ortho nitro benzene ring substituents is 1. The van der Waals surface area contributed by atoms with Crippen LogP contribution in [0, 0.1) is 13.7 Å². The number of rotatable bonds is 8. The summed E-state index contributed by atoms with van der Waals surface area (Å²) in [6, 6.07) is 14.2. The Morgan fingerprint density at radius 1 is 1.13 bits per heavy atom. The van der Waals surface area contributed by atoms with Gasteiger partial charge in [-0.15, -0.1) is 0 Å². The van der Waals surface area contributed by atoms with E-state index in [0.29, 0.717) is 27.2 Å². The van der Waals surface area contributed by atoms with Crippen LogP contribution in [-0.2, 0) is 16.2 Å². The van der Waals surface area contributed by atoms with Gasteiger partial charge in [-0.05, 0) is 95.3 Å². The number of amides is 2. The molecule has 39 heavy (non-hydrogen) atoms. The Hall–Kier alpha value is -3.26. The highest BCUT2D eigenvalue weighted by Gasteiger charge is 2.35. The Balaban J connectivity index is 1.65. The summed E-state index contributed by atoms with van der Waals surface area (Å²) in [4.78, 5) is 37.7. The number of nitrogens with one attached hydrogen (secondary N) is 1. The third kappa shape index (κ3) is 6.32. The standard InChI is InChI=1S/C26H18Cl2IN3O6S/c1-2-37-21-12-15(11-19(29)23(21)38-13-14-6-8-16(9-7-14)32(35)36)10-17-24(33)30-26(39)31(25(17)34)20-5-3-4-18(27)22(20)28/h3-12H,2,13H2,1H3,(H,30,33,39)/b17-10+. The van der Waals surface area contributed by atoms with Crippen molar-refractivity contribution in [1.82, 2.24) is 5.32 Å². The Morgan fingerprint density at radius 2 is 1.85 bits per heavy atom. The lowest BCUT2D eigenvalue weighted by Crippen LogP contribution is -2.54. The third-order valence-corrected chi connectivity index (χ3v) is 7.34. The molecule has 0 bridgehead atoms. The van der Waals surface area contributed by atoms with E-state index >= 15 is 0 Å². The summed E-state index contributed by atoms with van der Waals surface area (Å²) >= 11 is 19.7. The van der Waals surface area contributed by atoms with Crippen LogP contribution in [0.15, 0.2) is 60.2 Å². The van der Waals surface area contributed by atoms with Gasteiger partial charge in [0, 0.05) is 12.1 Å². The van der Waals surface area contributed by atoms with E-state index in [1.807, 2.05) is 6.92 Å². The average molecular weight is 698 g/mol. The van der Waals surface area contributed by atoms with Gasteiger partial charge >= 0.3 is 0 Å². The van der Waals surface area contributed by atoms with Crippen LogP contribution in [0.4, 0.5) is 11.4 Å². The first kappa shape index (κ1) is 28.7. The van der Waals surface area contributed by atoms with Gasteiger partial charge < -0.3 is 9.47 Å². The maximum Gasteiger partial charge on any atom is 0.270 e. The van der Waals surface area contributed by atoms with Crippen LogP contribution in [0.3, 0.4) is 0 Å². The molecule has 1 heterocycles. The Labute approximate surface area is 252 Å². The predicted octanol–water partition coefficient (Wildman–Crippen LogP) is 6.32. The molecule has 2 amide bonds. The van der Waals surface area contributed by atoms with Crippen molar-refractivity contribution in [3.63, 3.8) is 0 Å². The lowest BCUT2D eigenvalue weighted by molar-refractivity contribution is -0.384. The molecule has 0 radical (unpaired) electrons. The summed E-state index contributed by atoms with van der Waals surface area (Å²) in [5.41, 5.74) is 1.29. The molecule has 1 aliphatic heterocycles. The Morgan fingerprint density at radius 3 is 2.51 bits per heavy atom. The highest BCUT2D eigenvalue weighted by molar-refractivity contribution is 14.1. The van der Waals surface area contributed by atoms with Crippen molar-refractivity contribution >= 4 is 92.4 Å². The van der Waals surface area contributed by atoms with Gasteiger partial charge in [-0.2, -0.15) is 0 Å². The van der Waals surface area contributed by atoms with E-state index in [-0.39, 0.29) is 38.7 Å². The maximum absolute atomic E-state index is 13.4. The Kier molecular flexibility index (Phi) is 9.05. The lowest BCUT2D eigenvalue weighted by atomic mass is 10.1. The Bertz CT molecular complexity index is 1530. The van der Waals surface area contributed by atoms with Gasteiger partial charge in [0.05, 0.1) is 30.8 Å². The normalized spacial score (nSPS) is 14.4. The quantitative estimate of drug-likeness (QED) is 0.0733. The van der Waals surface area contributed by atoms with E-state index in [0.717, 1.165) is 10.5 Å². The van der Waals surface area contributed by atoms with E-state index in [4.69, 9.17) is 44.9 Å². The van der Waals surface area contributed by atoms with Gasteiger partial charge in [0.15, 0.2) is 16.6 Å². The van der Waals surface area contributed by atoms with Crippen molar-refractivity contribution in [3.05, 3.63) is 95.0 Å². The summed E-state index contributed by atoms with van der Waals surface area (Å²) in [5.74, 6) is -0.483. The number of hydrogen-bond acceptors (Lipinski definition) is 7. The van der Waals surface area contributed by atoms with E-state index in [2.05, 4.69) is 27.9 Å². The average Bonchev–Trinajstić information content (AvgIpc) is 2.89. The number of thiocarbonyl (C=S) groups is 1. The summed E-state index contributed by atoms with van der Waals surface area (Å²) in [7, 11) is 0. The number of nitrogens with zero attached hydrogens (tertiary/aromatic N) is 2. The summed E-state index contributed by atoms with van der Waals surface area (Å²) in [6.07, 6.45) is 1.43. The first-order valence-electron chi connectivity index (χ1n) is 11.3. The lowest BCUT2D eigenvalue weighted by Gasteiger charge is -2.29. The van der Waals surface area contributed by atoms with Crippen molar-refractivity contribution in [3.8, 4) is 11.5 Å². The molecule has 1 N–H and O–H groups in total. The van der Waals surface area contributed by atoms with Crippen molar-refractivity contribution in [1.29, 1.82) is 0 Å². The second-order valence-electron chi connectivity index (χ2n) is 8.01. The van der Waals surface area contributed by atoms with Gasteiger partial charge in [-0.25, -0.2) is 0 Å². The van der Waals surface area contributed by atoms with Crippen molar-refractivity contribution in [2.45, 2.75) is 13.5 Å². The summed E-state index contributed by atoms with van der Waals surface area (Å²) in [6.45, 7) is 2.28. The minimum atomic E-state index is -0.667. The molecule has 0 atom stereocenters. The number of benzene rings is 3. The molecule has 13 heteroatoms. The van der Waals surface area contributed by atoms with Crippen LogP contribution >= 0.6 is 58.0 Å². The zero-order valence-electron chi connectivity index (χ0n) is 20.1. The molecule has 0 unspecified atom stereocenters. The van der Waals surface area contributed by atoms with E-state index < -0.39 is 16.7 Å². The fraction of sp³-hybridized carbons (Fsp3) is 0.115. The number of ether oxygens (including phenoxy) is 2. The van der Waals surface area contributed by atoms with Gasteiger partial charge in [0.25, 0.3) is 17.5 Å². The molecular formula is C26H18Cl2IN3O6S. The van der Waals surface area contributed by atoms with Gasteiger partial charge in [0.2, 0.25) is 0 Å². The van der Waals surface area contributed by atoms with Crippen LogP contribution in [0.2, 0.25) is 10.0 Å². The molecule has 1 aliphatic rings. The molecular weight excluding hydrogens is 680 g/mol. The van der Waals surface area contributed by atoms with Gasteiger partial charge in [-0.1, -0.05) is 29.3 Å². The first-order chi connectivity index (χ1) is 18.6. The monoisotopic (exact) mass is 697 g/mol. The molecule has 1 fully saturated rings. The second kappa shape index (κ2) is 12.3. The molecule has 3 aromatic carbocycles. The molecule has 0 saturated carbocycles. The van der Waals surface area contributed by atoms with E-state index in [1.165, 1.54) is 18.2 Å². The number of halogens is 3. The molecule has 3 aromatic rings. The molecule has 4 rings (SSSR count). The molecule has 0 aliphatic carbocycles. The number of nitro benzene ring substituents is 1. The molecule has 0 aromatic heterocycles. The minimum absolute atomic E-state index is 0.0148. The van der Waals surface area contributed by atoms with Crippen molar-refractivity contribution in [2.75, 3.05) is 11.5 Å². The molecule has 9 nitrogen and oxygen atoms in total. The van der Waals surface area contributed by atoms with Gasteiger partial charge in [-0.3, -0.25) is 29.9 Å². The topological polar surface area (TPSA) is 111 Å². The van der Waals surface area contributed by atoms with Crippen LogP contribution in [0.5, 0.6) is 11.5 Å². The van der Waals surface area contributed by atoms with Crippen LogP contribution in [-0.4, -0.2) is 28.5 Å². The van der Waals surface area contributed by atoms with E-state index in [9.17, 15) is 19.7 Å². The number of hydrogen-bond donors (Lipinski definition) is 1. The smallest absolute Gasteiger partial charge is 0.270 e. The van der Waals surface area contributed by atoms with Crippen LogP contribution < -0.4 is 19.7 Å². The van der Waals surface area contributed by atoms with E-state index in [1.54, 1.807) is 42.5 Å². The molecule has 200 valence electrons. The van der Waals surface area contributed by atoms with Crippen molar-refractivity contribution < 1.29 is 24.0 Å². The number of carbonyl (C=O) groups excluding carboxylic acids is 2. The number of anilines is 1. The predicted molar refractivity (Wildman–Crippen MR) is 160 cm³/mol. The summed E-state index contributed by atoms with van der Waals surface area (Å²) < 4.78 is 12.4. The molecule has 0 spiro atoms. The zero-order chi connectivity index (χ0) is 28.3. The van der Waals surface area contributed by atoms with Gasteiger partial charge in [0.1, 0.15) is 12.2 Å². The van der Waals surface area contributed by atoms with Crippen molar-refractivity contribution in [2.24, 2.45) is 0 Å². The third-order valence-electron chi connectivity index (χ3n) is 5.45. The minimum Gasteiger partial charge on any atom is -0.490 e. The largest absolute Gasteiger partial charge is 0.490 e. The highest BCUT2D eigenvalue weighted by atomic mass is 127. The fourth-order valence-corrected chi connectivity index (χ4v) is 5.09. The SMILES string of the molecule is CCOc1cc(/C=C2\C(=O)NC(=S)N(c3cccc(Cl)c3Cl)C2=O)cc(I)c1OCc1ccc([N+](=O)[O-])cc1. The number of nitro groups is 1.